The van der Waals surface area contributed by atoms with Gasteiger partial charge in [0.2, 0.25) is 0 Å². The van der Waals surface area contributed by atoms with Gasteiger partial charge >= 0.3 is 0 Å². The molecule has 1 heterocycles. The van der Waals surface area contributed by atoms with Crippen LogP contribution in [0.4, 0.5) is 0 Å². The normalized spacial score (nSPS) is 9.29. The minimum Gasteiger partial charge on any atom is -0.354 e. The number of nitrogen functional groups attached to an aromatic ring is 1. The maximum absolute atomic E-state index is 11.1. The van der Waals surface area contributed by atoms with Crippen molar-refractivity contribution in [2.24, 2.45) is 5.84 Å². The fraction of sp³-hybridized carbons (Fsp3) is 0.125. The van der Waals surface area contributed by atoms with E-state index in [1.807, 2.05) is 5.43 Å². The first-order valence-electron chi connectivity index (χ1n) is 3.89. The van der Waals surface area contributed by atoms with E-state index in [-0.39, 0.29) is 17.3 Å². The van der Waals surface area contributed by atoms with Gasteiger partial charge in [0.15, 0.2) is 0 Å². The van der Waals surface area contributed by atoms with Gasteiger partial charge in [-0.2, -0.15) is 0 Å². The Kier molecular flexibility index (Phi) is 3.14. The smallest absolute Gasteiger partial charge is 0.283 e. The van der Waals surface area contributed by atoms with Gasteiger partial charge in [-0.1, -0.05) is 6.07 Å². The summed E-state index contributed by atoms with van der Waals surface area (Å²) in [6, 6.07) is 4.53. The summed E-state index contributed by atoms with van der Waals surface area (Å²) in [7, 11) is 1.49. The molecule has 1 rings (SSSR count). The summed E-state index contributed by atoms with van der Waals surface area (Å²) < 4.78 is 0. The lowest BCUT2D eigenvalue weighted by Crippen LogP contribution is -2.31. The standard InChI is InChI=1S/C8H10N4O2/c1-10-7(13)5-3-2-4-6(11-5)8(14)12-9/h2-4H,9H2,1H3,(H,10,13)(H,12,14). The van der Waals surface area contributed by atoms with Crippen LogP contribution in [0.25, 0.3) is 0 Å². The first kappa shape index (κ1) is 10.1. The SMILES string of the molecule is CNC(=O)c1cccc(C(=O)NN)n1. The second-order valence-corrected chi connectivity index (χ2v) is 2.46. The molecule has 0 unspecified atom stereocenters. The Labute approximate surface area is 80.5 Å². The van der Waals surface area contributed by atoms with Crippen LogP contribution in [0.2, 0.25) is 0 Å². The summed E-state index contributed by atoms with van der Waals surface area (Å²) in [5, 5.41) is 2.40. The lowest BCUT2D eigenvalue weighted by Gasteiger charge is -2.01. The van der Waals surface area contributed by atoms with Gasteiger partial charge < -0.3 is 5.32 Å². The van der Waals surface area contributed by atoms with E-state index in [0.29, 0.717) is 0 Å². The number of nitrogens with two attached hydrogens (primary N) is 1. The zero-order chi connectivity index (χ0) is 10.6. The minimum absolute atomic E-state index is 0.105. The molecule has 0 radical (unpaired) electrons. The average molecular weight is 194 g/mol. The number of nitrogens with one attached hydrogen (secondary N) is 2. The van der Waals surface area contributed by atoms with Crippen LogP contribution >= 0.6 is 0 Å². The molecular weight excluding hydrogens is 184 g/mol. The molecule has 0 aliphatic rings. The highest BCUT2D eigenvalue weighted by Gasteiger charge is 2.09. The highest BCUT2D eigenvalue weighted by Crippen LogP contribution is 1.98. The number of rotatable bonds is 2. The van der Waals surface area contributed by atoms with E-state index in [9.17, 15) is 9.59 Å². The van der Waals surface area contributed by atoms with E-state index in [1.54, 1.807) is 6.07 Å². The Morgan fingerprint density at radius 2 is 1.86 bits per heavy atom. The molecule has 1 aromatic rings. The third-order valence-corrected chi connectivity index (χ3v) is 1.57. The quantitative estimate of drug-likeness (QED) is 0.321. The molecule has 0 atom stereocenters. The fourth-order valence-electron chi connectivity index (χ4n) is 0.890. The topological polar surface area (TPSA) is 97.1 Å². The summed E-state index contributed by atoms with van der Waals surface area (Å²) in [6.07, 6.45) is 0. The van der Waals surface area contributed by atoms with Gasteiger partial charge in [0, 0.05) is 7.05 Å². The largest absolute Gasteiger partial charge is 0.354 e. The molecule has 0 saturated carbocycles. The van der Waals surface area contributed by atoms with Gasteiger partial charge in [0.05, 0.1) is 0 Å². The van der Waals surface area contributed by atoms with E-state index in [2.05, 4.69) is 10.3 Å². The number of nitrogens with zero attached hydrogens (tertiary/aromatic N) is 1. The number of carbonyl (C=O) groups is 2. The molecule has 6 heteroatoms. The van der Waals surface area contributed by atoms with Crippen LogP contribution in [0, 0.1) is 0 Å². The van der Waals surface area contributed by atoms with E-state index in [4.69, 9.17) is 5.84 Å². The summed E-state index contributed by atoms with van der Waals surface area (Å²) >= 11 is 0. The van der Waals surface area contributed by atoms with E-state index in [1.165, 1.54) is 19.2 Å². The maximum Gasteiger partial charge on any atom is 0.283 e. The first-order chi connectivity index (χ1) is 6.69. The second kappa shape index (κ2) is 4.33. The molecule has 1 aromatic heterocycles. The first-order valence-corrected chi connectivity index (χ1v) is 3.89. The van der Waals surface area contributed by atoms with E-state index >= 15 is 0 Å². The van der Waals surface area contributed by atoms with Crippen molar-refractivity contribution in [2.75, 3.05) is 7.05 Å². The lowest BCUT2D eigenvalue weighted by atomic mass is 10.3. The molecule has 2 amide bonds. The van der Waals surface area contributed by atoms with Crippen LogP contribution in [-0.2, 0) is 0 Å². The van der Waals surface area contributed by atoms with Crippen LogP contribution in [0.1, 0.15) is 21.0 Å². The van der Waals surface area contributed by atoms with Crippen molar-refractivity contribution in [1.29, 1.82) is 0 Å². The Hall–Kier alpha value is -1.95. The molecule has 0 aliphatic heterocycles. The van der Waals surface area contributed by atoms with Crippen molar-refractivity contribution in [2.45, 2.75) is 0 Å². The zero-order valence-electron chi connectivity index (χ0n) is 7.57. The fourth-order valence-corrected chi connectivity index (χ4v) is 0.890. The number of hydrogen-bond acceptors (Lipinski definition) is 4. The van der Waals surface area contributed by atoms with Crippen molar-refractivity contribution in [3.63, 3.8) is 0 Å². The van der Waals surface area contributed by atoms with E-state index < -0.39 is 5.91 Å². The Bertz CT molecular complexity index is 333. The third-order valence-electron chi connectivity index (χ3n) is 1.57. The zero-order valence-corrected chi connectivity index (χ0v) is 7.57. The lowest BCUT2D eigenvalue weighted by molar-refractivity contribution is 0.0947. The van der Waals surface area contributed by atoms with Crippen molar-refractivity contribution < 1.29 is 9.59 Å². The van der Waals surface area contributed by atoms with Crippen molar-refractivity contribution in [3.8, 4) is 0 Å². The monoisotopic (exact) mass is 194 g/mol. The summed E-state index contributed by atoms with van der Waals surface area (Å²) in [6.45, 7) is 0. The van der Waals surface area contributed by atoms with Gasteiger partial charge in [-0.05, 0) is 12.1 Å². The van der Waals surface area contributed by atoms with Gasteiger partial charge in [0.1, 0.15) is 11.4 Å². The molecule has 14 heavy (non-hydrogen) atoms. The van der Waals surface area contributed by atoms with Gasteiger partial charge in [0.25, 0.3) is 11.8 Å². The molecule has 74 valence electrons. The molecule has 0 aromatic carbocycles. The number of carbonyl (C=O) groups excluding carboxylic acids is 2. The van der Waals surface area contributed by atoms with Gasteiger partial charge in [-0.25, -0.2) is 10.8 Å². The predicted molar refractivity (Wildman–Crippen MR) is 49.3 cm³/mol. The van der Waals surface area contributed by atoms with Crippen LogP contribution in [0.5, 0.6) is 0 Å². The Morgan fingerprint density at radius 3 is 2.36 bits per heavy atom. The molecule has 0 spiro atoms. The van der Waals surface area contributed by atoms with E-state index in [0.717, 1.165) is 0 Å². The Balaban J connectivity index is 3.01. The second-order valence-electron chi connectivity index (χ2n) is 2.46. The van der Waals surface area contributed by atoms with Crippen molar-refractivity contribution in [1.82, 2.24) is 15.7 Å². The maximum atomic E-state index is 11.1. The number of hydrazine groups is 1. The number of hydrogen-bond donors (Lipinski definition) is 3. The molecular formula is C8H10N4O2. The van der Waals surface area contributed by atoms with Crippen molar-refractivity contribution in [3.05, 3.63) is 29.6 Å². The third kappa shape index (κ3) is 2.05. The minimum atomic E-state index is -0.532. The summed E-state index contributed by atoms with van der Waals surface area (Å²) in [4.78, 5) is 26.0. The predicted octanol–water partition coefficient (Wildman–Crippen LogP) is -0.955. The van der Waals surface area contributed by atoms with Crippen LogP contribution in [-0.4, -0.2) is 23.8 Å². The number of aromatic nitrogens is 1. The van der Waals surface area contributed by atoms with Crippen LogP contribution < -0.4 is 16.6 Å². The molecule has 0 aliphatic carbocycles. The van der Waals surface area contributed by atoms with Crippen LogP contribution in [0.15, 0.2) is 18.2 Å². The molecule has 0 saturated heterocycles. The number of amides is 2. The molecule has 0 bridgehead atoms. The summed E-state index contributed by atoms with van der Waals surface area (Å²) in [5.74, 6) is 4.04. The highest BCUT2D eigenvalue weighted by atomic mass is 16.2. The van der Waals surface area contributed by atoms with Crippen LogP contribution in [0.3, 0.4) is 0 Å². The molecule has 4 N–H and O–H groups in total. The summed E-state index contributed by atoms with van der Waals surface area (Å²) in [5.41, 5.74) is 2.21. The van der Waals surface area contributed by atoms with Crippen molar-refractivity contribution >= 4 is 11.8 Å². The van der Waals surface area contributed by atoms with Gasteiger partial charge in [-0.3, -0.25) is 15.0 Å². The Morgan fingerprint density at radius 1 is 1.29 bits per heavy atom. The van der Waals surface area contributed by atoms with Gasteiger partial charge in [-0.15, -0.1) is 0 Å². The highest BCUT2D eigenvalue weighted by molar-refractivity contribution is 5.95. The average Bonchev–Trinajstić information content (AvgIpc) is 2.27. The molecule has 0 fully saturated rings. The molecule has 6 nitrogen and oxygen atoms in total. The number of pyridine rings is 1.